The molecule has 39 heavy (non-hydrogen) atoms. The Labute approximate surface area is 216 Å². The highest BCUT2D eigenvalue weighted by Crippen LogP contribution is 2.41. The van der Waals surface area contributed by atoms with Crippen molar-refractivity contribution in [2.24, 2.45) is 5.92 Å². The molecule has 10 nitrogen and oxygen atoms in total. The molecule has 5 rings (SSSR count). The summed E-state index contributed by atoms with van der Waals surface area (Å²) < 4.78 is 76.2. The summed E-state index contributed by atoms with van der Waals surface area (Å²) >= 11 is 0. The highest BCUT2D eigenvalue weighted by molar-refractivity contribution is 5.73. The number of furan rings is 1. The largest absolute Gasteiger partial charge is 0.490 e. The maximum atomic E-state index is 10.6. The molecule has 2 aliphatic rings. The zero-order chi connectivity index (χ0) is 29.0. The van der Waals surface area contributed by atoms with Gasteiger partial charge in [0.2, 0.25) is 5.88 Å². The molecule has 1 fully saturated rings. The van der Waals surface area contributed by atoms with Crippen molar-refractivity contribution in [3.05, 3.63) is 54.5 Å². The van der Waals surface area contributed by atoms with Crippen molar-refractivity contribution in [1.82, 2.24) is 19.4 Å². The maximum absolute atomic E-state index is 10.6. The van der Waals surface area contributed by atoms with E-state index in [-0.39, 0.29) is 0 Å². The van der Waals surface area contributed by atoms with Crippen LogP contribution in [0, 0.1) is 5.92 Å². The van der Waals surface area contributed by atoms with Gasteiger partial charge in [-0.25, -0.2) is 19.6 Å². The fraction of sp³-hybridized carbons (Fsp3) is 0.391. The first-order chi connectivity index (χ1) is 18.2. The number of alkyl halides is 6. The molecule has 0 spiro atoms. The van der Waals surface area contributed by atoms with Crippen molar-refractivity contribution < 1.29 is 55.3 Å². The lowest BCUT2D eigenvalue weighted by Crippen LogP contribution is -2.22. The highest BCUT2D eigenvalue weighted by atomic mass is 19.4. The number of carbonyl (C=O) groups is 2. The maximum Gasteiger partial charge on any atom is 0.490 e. The van der Waals surface area contributed by atoms with Crippen LogP contribution in [0.2, 0.25) is 0 Å². The van der Waals surface area contributed by atoms with E-state index in [4.69, 9.17) is 33.9 Å². The fourth-order valence-corrected chi connectivity index (χ4v) is 4.20. The van der Waals surface area contributed by atoms with Gasteiger partial charge in [-0.15, -0.1) is 0 Å². The minimum absolute atomic E-state index is 0.520. The van der Waals surface area contributed by atoms with E-state index in [1.165, 1.54) is 11.4 Å². The summed E-state index contributed by atoms with van der Waals surface area (Å²) in [6.45, 7) is 4.16. The summed E-state index contributed by atoms with van der Waals surface area (Å²) in [6, 6.07) is 6.00. The number of aliphatic carboxylic acids is 2. The van der Waals surface area contributed by atoms with Crippen LogP contribution in [0.25, 0.3) is 11.3 Å². The lowest BCUT2D eigenvalue weighted by atomic mass is 9.99. The molecule has 0 unspecified atom stereocenters. The lowest BCUT2D eigenvalue weighted by molar-refractivity contribution is -0.193. The van der Waals surface area contributed by atoms with Crippen molar-refractivity contribution in [1.29, 1.82) is 0 Å². The van der Waals surface area contributed by atoms with Crippen LogP contribution in [0.4, 0.5) is 26.3 Å². The summed E-state index contributed by atoms with van der Waals surface area (Å²) in [6.07, 6.45) is -2.74. The molecule has 0 bridgehead atoms. The van der Waals surface area contributed by atoms with Gasteiger partial charge in [-0.2, -0.15) is 26.3 Å². The standard InChI is InChI=1S/C19H20N4O2.2C2HF3O2/c1-24-18-3-2-14(6-20-18)17-7-21-19-16-11-22(8-13-4-5-25-12-13)9-15(16)10-23(17)19;2*3-2(4,5)1(6)7/h2-7,12,15-16H,8-11H2,1H3;2*(H,6,7)/t15-,16-;;/m0../s1. The van der Waals surface area contributed by atoms with Gasteiger partial charge in [-0.3, -0.25) is 4.90 Å². The molecule has 2 atom stereocenters. The zero-order valence-corrected chi connectivity index (χ0v) is 20.1. The van der Waals surface area contributed by atoms with Crippen LogP contribution in [0.3, 0.4) is 0 Å². The Morgan fingerprint density at radius 1 is 1.00 bits per heavy atom. The van der Waals surface area contributed by atoms with E-state index in [9.17, 15) is 26.3 Å². The van der Waals surface area contributed by atoms with E-state index in [2.05, 4.69) is 20.5 Å². The normalized spacial score (nSPS) is 18.2. The van der Waals surface area contributed by atoms with E-state index in [1.807, 2.05) is 30.8 Å². The van der Waals surface area contributed by atoms with E-state index >= 15 is 0 Å². The van der Waals surface area contributed by atoms with Gasteiger partial charge >= 0.3 is 24.3 Å². The zero-order valence-electron chi connectivity index (χ0n) is 20.1. The summed E-state index contributed by atoms with van der Waals surface area (Å²) in [4.78, 5) is 29.4. The number of hydrogen-bond donors (Lipinski definition) is 2. The number of hydrogen-bond acceptors (Lipinski definition) is 7. The molecule has 5 heterocycles. The molecule has 0 aliphatic carbocycles. The number of imidazole rings is 1. The van der Waals surface area contributed by atoms with Crippen LogP contribution in [-0.4, -0.2) is 74.1 Å². The predicted octanol–water partition coefficient (Wildman–Crippen LogP) is 4.04. The van der Waals surface area contributed by atoms with Gasteiger partial charge in [-0.1, -0.05) is 0 Å². The summed E-state index contributed by atoms with van der Waals surface area (Å²) in [7, 11) is 1.63. The number of halogens is 6. The molecule has 2 aliphatic heterocycles. The Kier molecular flexibility index (Phi) is 8.88. The van der Waals surface area contributed by atoms with Gasteiger partial charge < -0.3 is 23.9 Å². The molecular weight excluding hydrogens is 542 g/mol. The van der Waals surface area contributed by atoms with Crippen LogP contribution in [0.1, 0.15) is 17.3 Å². The minimum atomic E-state index is -5.08. The first kappa shape index (κ1) is 29.5. The minimum Gasteiger partial charge on any atom is -0.481 e. The Balaban J connectivity index is 0.000000251. The number of carboxylic acid groups (broad SMARTS) is 2. The van der Waals surface area contributed by atoms with Gasteiger partial charge in [-0.05, 0) is 12.1 Å². The molecule has 3 aromatic rings. The first-order valence-corrected chi connectivity index (χ1v) is 11.1. The average Bonchev–Trinajstić information content (AvgIpc) is 3.63. The van der Waals surface area contributed by atoms with E-state index in [0.717, 1.165) is 37.4 Å². The van der Waals surface area contributed by atoms with Gasteiger partial charge in [0.05, 0.1) is 31.5 Å². The number of methoxy groups -OCH3 is 1. The molecular formula is C23H22F6N4O6. The van der Waals surface area contributed by atoms with E-state index in [1.54, 1.807) is 13.4 Å². The SMILES string of the molecule is COc1ccc(-c2cnc3n2C[C@@H]2CN(Cc4ccoc4)C[C@H]32)cn1.O=C(O)C(F)(F)F.O=C(O)C(F)(F)F. The van der Waals surface area contributed by atoms with Crippen LogP contribution in [0.5, 0.6) is 5.88 Å². The predicted molar refractivity (Wildman–Crippen MR) is 120 cm³/mol. The quantitative estimate of drug-likeness (QED) is 0.451. The van der Waals surface area contributed by atoms with Crippen molar-refractivity contribution in [3.63, 3.8) is 0 Å². The van der Waals surface area contributed by atoms with Crippen LogP contribution in [0.15, 0.2) is 47.5 Å². The van der Waals surface area contributed by atoms with E-state index in [0.29, 0.717) is 17.7 Å². The molecule has 3 aromatic heterocycles. The van der Waals surface area contributed by atoms with Crippen molar-refractivity contribution in [2.75, 3.05) is 20.2 Å². The summed E-state index contributed by atoms with van der Waals surface area (Å²) in [5.41, 5.74) is 3.49. The lowest BCUT2D eigenvalue weighted by Gasteiger charge is -2.16. The van der Waals surface area contributed by atoms with Gasteiger partial charge in [0, 0.05) is 61.4 Å². The van der Waals surface area contributed by atoms with Gasteiger partial charge in [0.1, 0.15) is 5.82 Å². The van der Waals surface area contributed by atoms with Crippen molar-refractivity contribution >= 4 is 11.9 Å². The van der Waals surface area contributed by atoms with Crippen molar-refractivity contribution in [3.8, 4) is 17.1 Å². The number of ether oxygens (including phenoxy) is 1. The third-order valence-electron chi connectivity index (χ3n) is 5.86. The first-order valence-electron chi connectivity index (χ1n) is 11.1. The molecule has 2 N–H and O–H groups in total. The number of carboxylic acids is 2. The Hall–Kier alpha value is -4.08. The second kappa shape index (κ2) is 11.8. The Morgan fingerprint density at radius 2 is 1.64 bits per heavy atom. The summed E-state index contributed by atoms with van der Waals surface area (Å²) in [5, 5.41) is 14.2. The number of nitrogens with zero attached hydrogens (tertiary/aromatic N) is 4. The number of fused-ring (bicyclic) bond motifs is 3. The van der Waals surface area contributed by atoms with Gasteiger partial charge in [0.15, 0.2) is 0 Å². The molecule has 0 radical (unpaired) electrons. The smallest absolute Gasteiger partial charge is 0.481 e. The van der Waals surface area contributed by atoms with Crippen LogP contribution in [-0.2, 0) is 22.7 Å². The third kappa shape index (κ3) is 7.49. The Bertz CT molecular complexity index is 1230. The monoisotopic (exact) mass is 564 g/mol. The number of aromatic nitrogens is 3. The fourth-order valence-electron chi connectivity index (χ4n) is 4.20. The molecule has 0 amide bonds. The third-order valence-corrected chi connectivity index (χ3v) is 5.86. The highest BCUT2D eigenvalue weighted by Gasteiger charge is 2.42. The molecule has 0 saturated carbocycles. The Morgan fingerprint density at radius 3 is 2.13 bits per heavy atom. The van der Waals surface area contributed by atoms with Crippen LogP contribution >= 0.6 is 0 Å². The van der Waals surface area contributed by atoms with E-state index < -0.39 is 24.3 Å². The number of rotatable bonds is 4. The molecule has 0 aromatic carbocycles. The number of likely N-dealkylation sites (tertiary alicyclic amines) is 1. The number of pyridine rings is 1. The average molecular weight is 564 g/mol. The summed E-state index contributed by atoms with van der Waals surface area (Å²) in [5.74, 6) is -2.51. The molecule has 16 heteroatoms. The molecule has 1 saturated heterocycles. The van der Waals surface area contributed by atoms with Crippen molar-refractivity contribution in [2.45, 2.75) is 31.4 Å². The molecule has 212 valence electrons. The second-order valence-electron chi connectivity index (χ2n) is 8.50. The second-order valence-corrected chi connectivity index (χ2v) is 8.50. The van der Waals surface area contributed by atoms with Gasteiger partial charge in [0.25, 0.3) is 0 Å². The van der Waals surface area contributed by atoms with Crippen LogP contribution < -0.4 is 4.74 Å². The topological polar surface area (TPSA) is 131 Å².